The molecule has 15 aromatic rings. The van der Waals surface area contributed by atoms with Gasteiger partial charge in [-0.25, -0.2) is 29.9 Å². The number of aromatic nitrogens is 8. The largest absolute Gasteiger partial charge is 0.490 e. The Kier molecular flexibility index (Phi) is 36.6. The van der Waals surface area contributed by atoms with Crippen molar-refractivity contribution >= 4 is 44.1 Å². The Morgan fingerprint density at radius 2 is 0.321 bits per heavy atom. The van der Waals surface area contributed by atoms with Gasteiger partial charge in [-0.1, -0.05) is 501 Å². The number of rotatable bonds is 56. The first-order chi connectivity index (χ1) is 69.5. The molecule has 12 heteroatoms. The maximum atomic E-state index is 7.26. The quantitative estimate of drug-likeness (QED) is 0.0353. The molecular weight excluding hydrogens is 1710 g/mol. The molecule has 722 valence electrons. The topological polar surface area (TPSA) is 146 Å². The molecule has 2 aliphatic rings. The fourth-order valence-corrected chi connectivity index (χ4v) is 21.0. The van der Waals surface area contributed by atoms with E-state index in [0.717, 1.165) is 210 Å². The van der Waals surface area contributed by atoms with E-state index >= 15 is 0 Å². The molecule has 0 radical (unpaired) electrons. The molecule has 5 heterocycles. The first-order valence-electron chi connectivity index (χ1n) is 54.1. The number of H-pyrrole nitrogens is 2. The zero-order chi connectivity index (χ0) is 95.5. The second-order valence-corrected chi connectivity index (χ2v) is 38.8. The molecule has 2 aliphatic heterocycles. The Bertz CT molecular complexity index is 5820. The van der Waals surface area contributed by atoms with Gasteiger partial charge in [0.2, 0.25) is 0 Å². The monoisotopic (exact) mass is 1860 g/mol. The molecule has 0 fully saturated rings. The Morgan fingerprint density at radius 1 is 0.171 bits per heavy atom. The van der Waals surface area contributed by atoms with Crippen molar-refractivity contribution < 1.29 is 18.9 Å². The van der Waals surface area contributed by atoms with Crippen molar-refractivity contribution in [2.45, 2.75) is 285 Å². The molecule has 0 saturated heterocycles. The van der Waals surface area contributed by atoms with Crippen LogP contribution in [0, 0.1) is 0 Å². The molecule has 0 unspecified atom stereocenters. The van der Waals surface area contributed by atoms with Gasteiger partial charge in [-0.05, 0) is 117 Å². The number of aromatic amines is 2. The van der Waals surface area contributed by atoms with Crippen LogP contribution in [0.3, 0.4) is 0 Å². The van der Waals surface area contributed by atoms with Gasteiger partial charge in [-0.2, -0.15) is 0 Å². The summed E-state index contributed by atoms with van der Waals surface area (Å²) in [6, 6.07) is 95.9. The minimum absolute atomic E-state index is 0.443. The molecule has 2 N–H and O–H groups in total. The molecular formula is C128H146N8O4. The summed E-state index contributed by atoms with van der Waals surface area (Å²) in [7, 11) is 0. The summed E-state index contributed by atoms with van der Waals surface area (Å²) in [4.78, 5) is 45.0. The first kappa shape index (κ1) is 98.8. The van der Waals surface area contributed by atoms with Crippen LogP contribution in [-0.4, -0.2) is 66.3 Å². The molecule has 0 aliphatic carbocycles. The summed E-state index contributed by atoms with van der Waals surface area (Å²) in [5.74, 6) is 4.38. The van der Waals surface area contributed by atoms with Crippen LogP contribution in [0.15, 0.2) is 267 Å². The average molecular weight is 1860 g/mol. The van der Waals surface area contributed by atoms with Crippen LogP contribution >= 0.6 is 0 Å². The van der Waals surface area contributed by atoms with Crippen LogP contribution in [0.25, 0.3) is 179 Å². The van der Waals surface area contributed by atoms with Gasteiger partial charge in [0.1, 0.15) is 22.6 Å². The summed E-state index contributed by atoms with van der Waals surface area (Å²) in [5, 5.41) is 3.42. The number of hydrogen-bond donors (Lipinski definition) is 2. The van der Waals surface area contributed by atoms with Crippen molar-refractivity contribution in [3.8, 4) is 158 Å². The highest BCUT2D eigenvalue weighted by atomic mass is 16.5. The summed E-state index contributed by atoms with van der Waals surface area (Å²) in [6.45, 7) is 11.3. The van der Waals surface area contributed by atoms with Gasteiger partial charge in [0.15, 0.2) is 46.3 Å². The molecule has 12 aromatic carbocycles. The fraction of sp³-hybridized carbons (Fsp3) is 0.375. The third kappa shape index (κ3) is 24.8. The number of unbranched alkanes of at least 4 members (excludes halogenated alkanes) is 36. The number of hydrogen-bond acceptors (Lipinski definition) is 10. The summed E-state index contributed by atoms with van der Waals surface area (Å²) in [5.41, 5.74) is 21.5. The van der Waals surface area contributed by atoms with Crippen LogP contribution in [0.5, 0.6) is 23.0 Å². The van der Waals surface area contributed by atoms with E-state index in [4.69, 9.17) is 48.9 Å². The molecule has 0 amide bonds. The van der Waals surface area contributed by atoms with Crippen LogP contribution in [0.1, 0.15) is 285 Å². The highest BCUT2D eigenvalue weighted by molar-refractivity contribution is 6.28. The van der Waals surface area contributed by atoms with Gasteiger partial charge in [0, 0.05) is 66.1 Å². The lowest BCUT2D eigenvalue weighted by Crippen LogP contribution is -2.03. The molecule has 0 atom stereocenters. The van der Waals surface area contributed by atoms with E-state index in [2.05, 4.69) is 305 Å². The van der Waals surface area contributed by atoms with E-state index in [9.17, 15) is 0 Å². The first-order valence-corrected chi connectivity index (χ1v) is 54.1. The molecule has 0 spiro atoms. The number of ether oxygens (including phenoxy) is 4. The van der Waals surface area contributed by atoms with E-state index in [0.29, 0.717) is 95.3 Å². The molecule has 17 rings (SSSR count). The number of benzene rings is 12. The van der Waals surface area contributed by atoms with E-state index < -0.39 is 0 Å². The zero-order valence-corrected chi connectivity index (χ0v) is 83.8. The van der Waals surface area contributed by atoms with Crippen LogP contribution < -0.4 is 18.9 Å². The fourth-order valence-electron chi connectivity index (χ4n) is 21.0. The Morgan fingerprint density at radius 3 is 0.486 bits per heavy atom. The third-order valence-electron chi connectivity index (χ3n) is 28.4. The van der Waals surface area contributed by atoms with E-state index in [1.807, 2.05) is 0 Å². The highest BCUT2D eigenvalue weighted by Crippen LogP contribution is 2.57. The summed E-state index contributed by atoms with van der Waals surface area (Å²) in [6.07, 6.45) is 48.6. The highest BCUT2D eigenvalue weighted by Gasteiger charge is 2.34. The van der Waals surface area contributed by atoms with Gasteiger partial charge in [0.05, 0.1) is 26.4 Å². The van der Waals surface area contributed by atoms with E-state index in [1.54, 1.807) is 0 Å². The van der Waals surface area contributed by atoms with Crippen LogP contribution in [-0.2, 0) is 0 Å². The smallest absolute Gasteiger partial charge is 0.164 e. The maximum absolute atomic E-state index is 7.26. The SMILES string of the molecule is CCCCCCCCCCCCOc1cc2c(cc1OCCCCCCCCCCCC)-c1nc-2nc2[nH]c(nc3nc(nc4[nH]c(n1)c1c(-c5ccccc5)c(-c5ccccc5)c(-c5ccccc5)c(-c5ccccc5)c41)-c1cc(OCCCCCCCCCCCC)c(OCCCCCCCCCCCC)cc1-3)c1c(-c3ccccc3)c(-c3ccccc3)c(-c3ccccc3)c(-c3ccccc3)c21. The number of nitrogens with zero attached hydrogens (tertiary/aromatic N) is 6. The minimum Gasteiger partial charge on any atom is -0.490 e. The molecule has 3 aromatic heterocycles. The van der Waals surface area contributed by atoms with Crippen molar-refractivity contribution in [1.29, 1.82) is 0 Å². The van der Waals surface area contributed by atoms with Crippen molar-refractivity contribution in [2.24, 2.45) is 0 Å². The maximum Gasteiger partial charge on any atom is 0.164 e. The average Bonchev–Trinajstić information content (AvgIpc) is 1.54. The normalized spacial score (nSPS) is 11.7. The van der Waals surface area contributed by atoms with Gasteiger partial charge < -0.3 is 28.9 Å². The lowest BCUT2D eigenvalue weighted by molar-refractivity contribution is 0.258. The Balaban J connectivity index is 0.978. The predicted molar refractivity (Wildman–Crippen MR) is 589 cm³/mol. The van der Waals surface area contributed by atoms with Crippen molar-refractivity contribution in [1.82, 2.24) is 39.9 Å². The minimum atomic E-state index is 0.443. The van der Waals surface area contributed by atoms with Gasteiger partial charge in [-0.3, -0.25) is 0 Å². The summed E-state index contributed by atoms with van der Waals surface area (Å²) >= 11 is 0. The van der Waals surface area contributed by atoms with Gasteiger partial charge in [-0.15, -0.1) is 0 Å². The number of nitrogens with one attached hydrogen (secondary N) is 2. The Labute approximate surface area is 833 Å². The molecule has 8 bridgehead atoms. The van der Waals surface area contributed by atoms with Crippen molar-refractivity contribution in [2.75, 3.05) is 26.4 Å². The zero-order valence-electron chi connectivity index (χ0n) is 83.8. The van der Waals surface area contributed by atoms with Crippen molar-refractivity contribution in [3.05, 3.63) is 267 Å². The summed E-state index contributed by atoms with van der Waals surface area (Å²) < 4.78 is 29.0. The van der Waals surface area contributed by atoms with Gasteiger partial charge in [0.25, 0.3) is 0 Å². The molecule has 140 heavy (non-hydrogen) atoms. The Hall–Kier alpha value is -12.8. The predicted octanol–water partition coefficient (Wildman–Crippen LogP) is 37.4. The van der Waals surface area contributed by atoms with Gasteiger partial charge >= 0.3 is 0 Å². The number of fused-ring (bicyclic) bond motifs is 20. The van der Waals surface area contributed by atoms with Crippen LogP contribution in [0.4, 0.5) is 0 Å². The lowest BCUT2D eigenvalue weighted by Gasteiger charge is -2.23. The second kappa shape index (κ2) is 51.9. The van der Waals surface area contributed by atoms with Crippen molar-refractivity contribution in [3.63, 3.8) is 0 Å². The van der Waals surface area contributed by atoms with E-state index in [-0.39, 0.29) is 0 Å². The molecule has 12 nitrogen and oxygen atoms in total. The van der Waals surface area contributed by atoms with E-state index in [1.165, 1.54) is 180 Å². The molecule has 0 saturated carbocycles. The standard InChI is InChI=1S/C128H146N8O4/c1-5-9-13-17-21-25-29-33-37-65-85-137-105-89-101-102(90-106(105)138-86-66-38-34-30-26-22-18-14-10-6-2)122-129-121(101)131-125-117-113(97-77-57-45-58-78-97)109(93-69-49-41-50-70-93)110(94-71-51-42-52-72-94)114(98-79-59-46-60-80-98)118(117)127(135-125)133-123-103-91-107(139-87-67-39-35-31-27-23-19-15-11-7-3)108(140-88-68-40-36-32-28-24-20-16-12-8-4)92-104(103)124(130-123)134-128-120-116(100-83-63-48-64-84-100)112(96-75-55-44-56-76-96)111(95-73-53-43-54-74-95)115(99-81-61-47-62-82-99)119(120)126(132-122)136-128/h41-64,69-84,89-92H,5-40,65-68,85-88H2,1-4H3,(H2,129,130,131,132,133,134,135,136). The second-order valence-electron chi connectivity index (χ2n) is 38.8. The third-order valence-corrected chi connectivity index (χ3v) is 28.4. The van der Waals surface area contributed by atoms with Crippen LogP contribution in [0.2, 0.25) is 0 Å². The lowest BCUT2D eigenvalue weighted by atomic mass is 9.80.